The second kappa shape index (κ2) is 5.50. The maximum atomic E-state index is 12.1. The zero-order chi connectivity index (χ0) is 14.0. The van der Waals surface area contributed by atoms with Gasteiger partial charge in [0.1, 0.15) is 4.32 Å². The van der Waals surface area contributed by atoms with Crippen molar-refractivity contribution in [2.45, 2.75) is 13.0 Å². The van der Waals surface area contributed by atoms with Crippen LogP contribution in [0.5, 0.6) is 0 Å². The Morgan fingerprint density at radius 3 is 2.74 bits per heavy atom. The molecular formula is C12H9N2O3S2-. The largest absolute Gasteiger partial charge is 0.548 e. The predicted molar refractivity (Wildman–Crippen MR) is 73.7 cm³/mol. The fourth-order valence-corrected chi connectivity index (χ4v) is 2.95. The molecule has 0 aromatic carbocycles. The second-order valence-corrected chi connectivity index (χ2v) is 5.50. The molecule has 1 saturated heterocycles. The fourth-order valence-electron chi connectivity index (χ4n) is 1.53. The maximum absolute atomic E-state index is 12.1. The topological polar surface area (TPSA) is 73.3 Å². The number of hydrogen-bond acceptors (Lipinski definition) is 6. The van der Waals surface area contributed by atoms with Crippen LogP contribution in [0.2, 0.25) is 0 Å². The lowest BCUT2D eigenvalue weighted by atomic mass is 10.2. The van der Waals surface area contributed by atoms with Crippen molar-refractivity contribution < 1.29 is 14.7 Å². The summed E-state index contributed by atoms with van der Waals surface area (Å²) < 4.78 is 0.224. The van der Waals surface area contributed by atoms with Gasteiger partial charge in [0.25, 0.3) is 5.91 Å². The van der Waals surface area contributed by atoms with Gasteiger partial charge in [-0.2, -0.15) is 0 Å². The Hall–Kier alpha value is -1.73. The van der Waals surface area contributed by atoms with Gasteiger partial charge in [0.05, 0.1) is 16.9 Å². The van der Waals surface area contributed by atoms with E-state index < -0.39 is 17.9 Å². The first-order valence-corrected chi connectivity index (χ1v) is 6.61. The highest BCUT2D eigenvalue weighted by Gasteiger charge is 2.35. The Kier molecular flexibility index (Phi) is 3.96. The standard InChI is InChI=1S/C12H10N2O3S2/c1-7(11(16)17)14-10(15)9(19-12(14)18)6-8-2-4-13-5-3-8/h2-7H,1H3,(H,16,17)/p-1/b9-6-/t7-/m0/s1. The number of carbonyl (C=O) groups is 2. The van der Waals surface area contributed by atoms with E-state index in [1.807, 2.05) is 0 Å². The summed E-state index contributed by atoms with van der Waals surface area (Å²) in [6.07, 6.45) is 4.87. The van der Waals surface area contributed by atoms with Crippen LogP contribution in [0, 0.1) is 0 Å². The molecule has 1 aromatic rings. The van der Waals surface area contributed by atoms with Gasteiger partial charge >= 0.3 is 0 Å². The number of pyridine rings is 1. The smallest absolute Gasteiger partial charge is 0.266 e. The monoisotopic (exact) mass is 293 g/mol. The molecule has 0 saturated carbocycles. The summed E-state index contributed by atoms with van der Waals surface area (Å²) in [6.45, 7) is 1.37. The van der Waals surface area contributed by atoms with E-state index in [1.54, 1.807) is 30.6 Å². The zero-order valence-electron chi connectivity index (χ0n) is 9.90. The van der Waals surface area contributed by atoms with Gasteiger partial charge in [0.15, 0.2) is 0 Å². The molecule has 1 amide bonds. The first-order valence-electron chi connectivity index (χ1n) is 5.38. The van der Waals surface area contributed by atoms with Crippen molar-refractivity contribution in [1.82, 2.24) is 9.88 Å². The number of rotatable bonds is 3. The summed E-state index contributed by atoms with van der Waals surface area (Å²) in [6, 6.07) is 2.42. The summed E-state index contributed by atoms with van der Waals surface area (Å²) in [7, 11) is 0. The van der Waals surface area contributed by atoms with E-state index in [1.165, 1.54) is 6.92 Å². The Bertz CT molecular complexity index is 572. The van der Waals surface area contributed by atoms with Crippen LogP contribution in [-0.2, 0) is 9.59 Å². The Balaban J connectivity index is 2.28. The van der Waals surface area contributed by atoms with E-state index in [0.29, 0.717) is 4.91 Å². The lowest BCUT2D eigenvalue weighted by Gasteiger charge is -2.23. The van der Waals surface area contributed by atoms with Crippen LogP contribution in [0.4, 0.5) is 0 Å². The molecule has 98 valence electrons. The van der Waals surface area contributed by atoms with E-state index in [9.17, 15) is 14.7 Å². The van der Waals surface area contributed by atoms with Crippen LogP contribution in [0.3, 0.4) is 0 Å². The van der Waals surface area contributed by atoms with Gasteiger partial charge in [0, 0.05) is 12.4 Å². The van der Waals surface area contributed by atoms with Crippen molar-refractivity contribution in [2.75, 3.05) is 0 Å². The van der Waals surface area contributed by atoms with E-state index in [-0.39, 0.29) is 4.32 Å². The van der Waals surface area contributed by atoms with E-state index in [2.05, 4.69) is 4.98 Å². The van der Waals surface area contributed by atoms with Crippen molar-refractivity contribution >= 4 is 46.3 Å². The normalized spacial score (nSPS) is 19.0. The molecule has 1 atom stereocenters. The second-order valence-electron chi connectivity index (χ2n) is 3.83. The molecule has 5 nitrogen and oxygen atoms in total. The first-order chi connectivity index (χ1) is 9.00. The summed E-state index contributed by atoms with van der Waals surface area (Å²) in [5, 5.41) is 10.8. The Labute approximate surface area is 119 Å². The van der Waals surface area contributed by atoms with Crippen molar-refractivity contribution in [2.24, 2.45) is 0 Å². The molecular weight excluding hydrogens is 284 g/mol. The van der Waals surface area contributed by atoms with E-state index in [0.717, 1.165) is 22.2 Å². The fraction of sp³-hybridized carbons (Fsp3) is 0.167. The quantitative estimate of drug-likeness (QED) is 0.594. The molecule has 7 heteroatoms. The van der Waals surface area contributed by atoms with Gasteiger partial charge < -0.3 is 9.90 Å². The Morgan fingerprint density at radius 2 is 2.16 bits per heavy atom. The van der Waals surface area contributed by atoms with Crippen LogP contribution in [0.1, 0.15) is 12.5 Å². The molecule has 1 aliphatic heterocycles. The van der Waals surface area contributed by atoms with E-state index >= 15 is 0 Å². The highest BCUT2D eigenvalue weighted by atomic mass is 32.2. The molecule has 1 fully saturated rings. The van der Waals surface area contributed by atoms with Crippen molar-refractivity contribution in [3.05, 3.63) is 35.0 Å². The molecule has 1 aliphatic rings. The van der Waals surface area contributed by atoms with Gasteiger partial charge in [-0.15, -0.1) is 0 Å². The average Bonchev–Trinajstić information content (AvgIpc) is 2.65. The zero-order valence-corrected chi connectivity index (χ0v) is 11.5. The predicted octanol–water partition coefficient (Wildman–Crippen LogP) is 0.421. The molecule has 0 N–H and O–H groups in total. The van der Waals surface area contributed by atoms with Crippen LogP contribution in [0.15, 0.2) is 29.4 Å². The Morgan fingerprint density at radius 1 is 1.53 bits per heavy atom. The third kappa shape index (κ3) is 2.82. The molecule has 0 radical (unpaired) electrons. The molecule has 2 rings (SSSR count). The molecule has 1 aromatic heterocycles. The summed E-state index contributed by atoms with van der Waals surface area (Å²) >= 11 is 6.11. The number of amides is 1. The summed E-state index contributed by atoms with van der Waals surface area (Å²) in [5.74, 6) is -1.75. The first kappa shape index (κ1) is 13.7. The number of carbonyl (C=O) groups excluding carboxylic acids is 2. The average molecular weight is 293 g/mol. The molecule has 2 heterocycles. The minimum Gasteiger partial charge on any atom is -0.548 e. The SMILES string of the molecule is C[C@@H](C(=O)[O-])N1C(=O)/C(=C/c2ccncc2)SC1=S. The number of nitrogens with zero attached hydrogens (tertiary/aromatic N) is 2. The third-order valence-electron chi connectivity index (χ3n) is 2.56. The number of hydrogen-bond donors (Lipinski definition) is 0. The van der Waals surface area contributed by atoms with Crippen LogP contribution in [-0.4, -0.2) is 32.1 Å². The van der Waals surface area contributed by atoms with Crippen molar-refractivity contribution in [3.8, 4) is 0 Å². The number of aliphatic carboxylic acids is 1. The van der Waals surface area contributed by atoms with Gasteiger partial charge in [-0.3, -0.25) is 14.7 Å². The third-order valence-corrected chi connectivity index (χ3v) is 3.89. The summed E-state index contributed by atoms with van der Waals surface area (Å²) in [5.41, 5.74) is 0.802. The number of thioether (sulfide) groups is 1. The van der Waals surface area contributed by atoms with Gasteiger partial charge in [0.2, 0.25) is 0 Å². The van der Waals surface area contributed by atoms with Crippen LogP contribution >= 0.6 is 24.0 Å². The minimum absolute atomic E-state index is 0.224. The minimum atomic E-state index is -1.33. The van der Waals surface area contributed by atoms with Gasteiger partial charge in [-0.25, -0.2) is 0 Å². The van der Waals surface area contributed by atoms with Gasteiger partial charge in [-0.1, -0.05) is 24.0 Å². The number of aromatic nitrogens is 1. The molecule has 0 unspecified atom stereocenters. The van der Waals surface area contributed by atoms with Crippen LogP contribution < -0.4 is 5.11 Å². The van der Waals surface area contributed by atoms with E-state index in [4.69, 9.17) is 12.2 Å². The number of carboxylic acid groups (broad SMARTS) is 1. The van der Waals surface area contributed by atoms with Gasteiger partial charge in [-0.05, 0) is 30.7 Å². The van der Waals surface area contributed by atoms with Crippen molar-refractivity contribution in [3.63, 3.8) is 0 Å². The molecule has 0 spiro atoms. The van der Waals surface area contributed by atoms with Crippen molar-refractivity contribution in [1.29, 1.82) is 0 Å². The lowest BCUT2D eigenvalue weighted by molar-refractivity contribution is -0.309. The molecule has 19 heavy (non-hydrogen) atoms. The maximum Gasteiger partial charge on any atom is 0.266 e. The highest BCUT2D eigenvalue weighted by Crippen LogP contribution is 2.33. The number of thiocarbonyl (C=S) groups is 1. The lowest BCUT2D eigenvalue weighted by Crippen LogP contribution is -2.48. The number of carboxylic acids is 1. The molecule has 0 aliphatic carbocycles. The molecule has 0 bridgehead atoms. The highest BCUT2D eigenvalue weighted by molar-refractivity contribution is 8.26. The summed E-state index contributed by atoms with van der Waals surface area (Å²) in [4.78, 5) is 28.3. The van der Waals surface area contributed by atoms with Crippen LogP contribution in [0.25, 0.3) is 6.08 Å².